The van der Waals surface area contributed by atoms with Crippen molar-refractivity contribution in [1.82, 2.24) is 15.2 Å². The van der Waals surface area contributed by atoms with Gasteiger partial charge < -0.3 is 11.1 Å². The van der Waals surface area contributed by atoms with Gasteiger partial charge in [-0.1, -0.05) is 11.6 Å². The summed E-state index contributed by atoms with van der Waals surface area (Å²) in [6.07, 6.45) is 4.81. The molecule has 102 valence electrons. The monoisotopic (exact) mass is 280 g/mol. The molecule has 6 heteroatoms. The van der Waals surface area contributed by atoms with Crippen molar-refractivity contribution < 1.29 is 4.79 Å². The smallest absolute Gasteiger partial charge is 0.253 e. The van der Waals surface area contributed by atoms with Gasteiger partial charge in [-0.2, -0.15) is 0 Å². The summed E-state index contributed by atoms with van der Waals surface area (Å²) in [6.45, 7) is 2.22. The summed E-state index contributed by atoms with van der Waals surface area (Å²) >= 11 is 6.00. The van der Waals surface area contributed by atoms with Gasteiger partial charge in [0.05, 0.1) is 10.6 Å². The van der Waals surface area contributed by atoms with Crippen molar-refractivity contribution in [3.8, 4) is 0 Å². The van der Waals surface area contributed by atoms with E-state index in [1.807, 2.05) is 0 Å². The van der Waals surface area contributed by atoms with E-state index in [9.17, 15) is 4.79 Å². The lowest BCUT2D eigenvalue weighted by atomic mass is 10.1. The van der Waals surface area contributed by atoms with Gasteiger partial charge in [-0.15, -0.1) is 0 Å². The average molecular weight is 281 g/mol. The third-order valence-corrected chi connectivity index (χ3v) is 4.34. The lowest BCUT2D eigenvalue weighted by molar-refractivity contribution is 0.0929. The zero-order valence-corrected chi connectivity index (χ0v) is 11.4. The zero-order valence-electron chi connectivity index (χ0n) is 10.6. The van der Waals surface area contributed by atoms with E-state index in [4.69, 9.17) is 17.3 Å². The van der Waals surface area contributed by atoms with Crippen molar-refractivity contribution in [2.45, 2.75) is 31.3 Å². The minimum absolute atomic E-state index is 0.155. The normalized spacial score (nSPS) is 26.4. The fourth-order valence-corrected chi connectivity index (χ4v) is 3.32. The standard InChI is InChI=1S/C13H17ClN4O/c14-9-7-16-12(15)6-8(9)13(19)17-10-3-5-18-4-1-2-11(10)18/h6-7,10-11H,1-5H2,(H2,15,16)(H,17,19). The number of aromatic nitrogens is 1. The molecular formula is C13H17ClN4O. The molecule has 2 saturated heterocycles. The van der Waals surface area contributed by atoms with Crippen molar-refractivity contribution in [1.29, 1.82) is 0 Å². The molecule has 1 aromatic rings. The highest BCUT2D eigenvalue weighted by Gasteiger charge is 2.38. The Balaban J connectivity index is 1.73. The van der Waals surface area contributed by atoms with Crippen LogP contribution in [0.5, 0.6) is 0 Å². The van der Waals surface area contributed by atoms with Crippen LogP contribution in [0.2, 0.25) is 5.02 Å². The van der Waals surface area contributed by atoms with Crippen LogP contribution in [0.1, 0.15) is 29.6 Å². The number of carbonyl (C=O) groups is 1. The Kier molecular flexibility index (Phi) is 3.33. The first kappa shape index (κ1) is 12.7. The van der Waals surface area contributed by atoms with Crippen LogP contribution in [0.3, 0.4) is 0 Å². The summed E-state index contributed by atoms with van der Waals surface area (Å²) in [4.78, 5) is 18.6. The van der Waals surface area contributed by atoms with Crippen LogP contribution in [-0.2, 0) is 0 Å². The van der Waals surface area contributed by atoms with Crippen LogP contribution in [0.4, 0.5) is 5.82 Å². The minimum atomic E-state index is -0.155. The quantitative estimate of drug-likeness (QED) is 0.856. The molecule has 0 aliphatic carbocycles. The Hall–Kier alpha value is -1.33. The second kappa shape index (κ2) is 4.98. The van der Waals surface area contributed by atoms with Crippen molar-refractivity contribution in [3.63, 3.8) is 0 Å². The maximum absolute atomic E-state index is 12.3. The van der Waals surface area contributed by atoms with Gasteiger partial charge in [-0.3, -0.25) is 9.69 Å². The lowest BCUT2D eigenvalue weighted by Gasteiger charge is -2.21. The van der Waals surface area contributed by atoms with Gasteiger partial charge in [0.15, 0.2) is 0 Å². The average Bonchev–Trinajstić information content (AvgIpc) is 2.97. The molecule has 0 saturated carbocycles. The van der Waals surface area contributed by atoms with Crippen LogP contribution < -0.4 is 11.1 Å². The Morgan fingerprint density at radius 3 is 3.16 bits per heavy atom. The molecule has 2 aliphatic heterocycles. The summed E-state index contributed by atoms with van der Waals surface area (Å²) in [5.74, 6) is 0.154. The van der Waals surface area contributed by atoms with Crippen LogP contribution >= 0.6 is 11.6 Å². The third kappa shape index (κ3) is 2.40. The Morgan fingerprint density at radius 1 is 1.47 bits per heavy atom. The number of nitrogen functional groups attached to an aromatic ring is 1. The second-order valence-electron chi connectivity index (χ2n) is 5.20. The van der Waals surface area contributed by atoms with Crippen molar-refractivity contribution in [2.24, 2.45) is 0 Å². The van der Waals surface area contributed by atoms with E-state index in [1.165, 1.54) is 18.7 Å². The summed E-state index contributed by atoms with van der Waals surface area (Å²) in [5, 5.41) is 3.43. The van der Waals surface area contributed by atoms with E-state index in [0.717, 1.165) is 25.9 Å². The van der Waals surface area contributed by atoms with E-state index in [2.05, 4.69) is 15.2 Å². The Labute approximate surface area is 117 Å². The molecule has 2 fully saturated rings. The molecule has 2 unspecified atom stereocenters. The number of fused-ring (bicyclic) bond motifs is 1. The molecule has 0 bridgehead atoms. The highest BCUT2D eigenvalue weighted by atomic mass is 35.5. The highest BCUT2D eigenvalue weighted by Crippen LogP contribution is 2.28. The number of nitrogens with two attached hydrogens (primary N) is 1. The number of nitrogens with one attached hydrogen (secondary N) is 1. The van der Waals surface area contributed by atoms with Crippen LogP contribution in [-0.4, -0.2) is 41.0 Å². The number of anilines is 1. The molecule has 3 N–H and O–H groups in total. The molecule has 3 heterocycles. The largest absolute Gasteiger partial charge is 0.384 e. The van der Waals surface area contributed by atoms with Crippen molar-refractivity contribution >= 4 is 23.3 Å². The number of amides is 1. The van der Waals surface area contributed by atoms with Crippen molar-refractivity contribution in [3.05, 3.63) is 22.8 Å². The summed E-state index contributed by atoms with van der Waals surface area (Å²) < 4.78 is 0. The molecule has 0 radical (unpaired) electrons. The van der Waals surface area contributed by atoms with Crippen LogP contribution in [0.15, 0.2) is 12.3 Å². The summed E-state index contributed by atoms with van der Waals surface area (Å²) in [7, 11) is 0. The maximum Gasteiger partial charge on any atom is 0.253 e. The lowest BCUT2D eigenvalue weighted by Crippen LogP contribution is -2.42. The van der Waals surface area contributed by atoms with Crippen LogP contribution in [0.25, 0.3) is 0 Å². The first-order chi connectivity index (χ1) is 9.15. The predicted molar refractivity (Wildman–Crippen MR) is 74.1 cm³/mol. The van der Waals surface area contributed by atoms with Gasteiger partial charge >= 0.3 is 0 Å². The van der Waals surface area contributed by atoms with E-state index < -0.39 is 0 Å². The Morgan fingerprint density at radius 2 is 2.32 bits per heavy atom. The minimum Gasteiger partial charge on any atom is -0.384 e. The van der Waals surface area contributed by atoms with Gasteiger partial charge in [-0.05, 0) is 31.9 Å². The predicted octanol–water partition coefficient (Wildman–Crippen LogP) is 1.28. The van der Waals surface area contributed by atoms with Gasteiger partial charge in [0.25, 0.3) is 5.91 Å². The van der Waals surface area contributed by atoms with Crippen molar-refractivity contribution in [2.75, 3.05) is 18.8 Å². The molecular weight excluding hydrogens is 264 g/mol. The van der Waals surface area contributed by atoms with E-state index in [0.29, 0.717) is 22.4 Å². The van der Waals surface area contributed by atoms with Crippen LogP contribution in [0, 0.1) is 0 Å². The fraction of sp³-hybridized carbons (Fsp3) is 0.538. The number of pyridine rings is 1. The van der Waals surface area contributed by atoms with E-state index in [-0.39, 0.29) is 11.9 Å². The number of hydrogen-bond acceptors (Lipinski definition) is 4. The third-order valence-electron chi connectivity index (χ3n) is 4.04. The molecule has 2 atom stereocenters. The van der Waals surface area contributed by atoms with Gasteiger partial charge in [0.1, 0.15) is 5.82 Å². The fourth-order valence-electron chi connectivity index (χ4n) is 3.13. The number of halogens is 1. The molecule has 19 heavy (non-hydrogen) atoms. The molecule has 1 amide bonds. The van der Waals surface area contributed by atoms with E-state index in [1.54, 1.807) is 0 Å². The van der Waals surface area contributed by atoms with E-state index >= 15 is 0 Å². The van der Waals surface area contributed by atoms with Gasteiger partial charge in [0, 0.05) is 24.8 Å². The topological polar surface area (TPSA) is 71.2 Å². The second-order valence-corrected chi connectivity index (χ2v) is 5.61. The summed E-state index contributed by atoms with van der Waals surface area (Å²) in [6, 6.07) is 2.24. The van der Waals surface area contributed by atoms with Gasteiger partial charge in [0.2, 0.25) is 0 Å². The molecule has 0 spiro atoms. The summed E-state index contributed by atoms with van der Waals surface area (Å²) in [5.41, 5.74) is 6.01. The zero-order chi connectivity index (χ0) is 13.4. The molecule has 5 nitrogen and oxygen atoms in total. The molecule has 2 aliphatic rings. The Bertz CT molecular complexity index is 507. The number of rotatable bonds is 2. The first-order valence-corrected chi connectivity index (χ1v) is 6.99. The maximum atomic E-state index is 12.3. The first-order valence-electron chi connectivity index (χ1n) is 6.61. The number of carbonyl (C=O) groups excluding carboxylic acids is 1. The molecule has 1 aromatic heterocycles. The van der Waals surface area contributed by atoms with Gasteiger partial charge in [-0.25, -0.2) is 4.98 Å². The number of nitrogens with zero attached hydrogens (tertiary/aromatic N) is 2. The SMILES string of the molecule is Nc1cc(C(=O)NC2CCN3CCCC23)c(Cl)cn1. The molecule has 0 aromatic carbocycles. The molecule has 3 rings (SSSR count). The number of hydrogen-bond donors (Lipinski definition) is 2. The highest BCUT2D eigenvalue weighted by molar-refractivity contribution is 6.33.